The average Bonchev–Trinajstić information content (AvgIpc) is 2.15. The van der Waals surface area contributed by atoms with Crippen LogP contribution in [0.3, 0.4) is 0 Å². The molecule has 0 aliphatic heterocycles. The minimum Gasteiger partial charge on any atom is -0.261 e. The lowest BCUT2D eigenvalue weighted by molar-refractivity contribution is 0.346. The Morgan fingerprint density at radius 3 is 2.67 bits per heavy atom. The van der Waals surface area contributed by atoms with Crippen molar-refractivity contribution < 1.29 is 4.39 Å². The topological polar surface area (TPSA) is 12.0 Å². The van der Waals surface area contributed by atoms with Crippen LogP contribution in [0.25, 0.3) is 0 Å². The van der Waals surface area contributed by atoms with E-state index in [2.05, 4.69) is 4.72 Å². The fourth-order valence-corrected chi connectivity index (χ4v) is 1.25. The number of rotatable bonds is 4. The Kier molecular flexibility index (Phi) is 4.11. The monoisotopic (exact) mass is 185 g/mol. The molecule has 0 amide bonds. The highest BCUT2D eigenvalue weighted by atomic mass is 32.2. The Hall–Kier alpha value is -0.540. The third kappa shape index (κ3) is 2.83. The highest BCUT2D eigenvalue weighted by Gasteiger charge is 2.06. The maximum absolute atomic E-state index is 13.2. The summed E-state index contributed by atoms with van der Waals surface area (Å²) in [5.74, 6) is 0. The molecule has 1 rings (SSSR count). The summed E-state index contributed by atoms with van der Waals surface area (Å²) in [5.41, 5.74) is 0.735. The quantitative estimate of drug-likeness (QED) is 0.723. The predicted octanol–water partition coefficient (Wildman–Crippen LogP) is 2.56. The highest BCUT2D eigenvalue weighted by molar-refractivity contribution is 7.96. The lowest BCUT2D eigenvalue weighted by atomic mass is 10.1. The summed E-state index contributed by atoms with van der Waals surface area (Å²) in [7, 11) is 0. The van der Waals surface area contributed by atoms with Crippen LogP contribution in [0.5, 0.6) is 0 Å². The van der Waals surface area contributed by atoms with E-state index in [-0.39, 0.29) is 0 Å². The SMILES string of the molecule is CSNCC(F)c1ccccc1. The summed E-state index contributed by atoms with van der Waals surface area (Å²) in [5, 5.41) is 0. The zero-order valence-corrected chi connectivity index (χ0v) is 7.77. The summed E-state index contributed by atoms with van der Waals surface area (Å²) >= 11 is 1.43. The smallest absolute Gasteiger partial charge is 0.138 e. The van der Waals surface area contributed by atoms with Gasteiger partial charge in [-0.2, -0.15) is 0 Å². The van der Waals surface area contributed by atoms with Gasteiger partial charge in [-0.25, -0.2) is 4.39 Å². The molecule has 0 spiro atoms. The van der Waals surface area contributed by atoms with Crippen molar-refractivity contribution in [2.45, 2.75) is 6.17 Å². The Morgan fingerprint density at radius 2 is 2.08 bits per heavy atom. The van der Waals surface area contributed by atoms with Gasteiger partial charge in [-0.15, -0.1) is 0 Å². The van der Waals surface area contributed by atoms with Gasteiger partial charge in [0.05, 0.1) is 0 Å². The van der Waals surface area contributed by atoms with E-state index in [1.54, 1.807) is 12.1 Å². The van der Waals surface area contributed by atoms with Gasteiger partial charge >= 0.3 is 0 Å². The van der Waals surface area contributed by atoms with Gasteiger partial charge in [-0.05, 0) is 11.8 Å². The van der Waals surface area contributed by atoms with Crippen LogP contribution in [0.1, 0.15) is 11.7 Å². The van der Waals surface area contributed by atoms with Crippen molar-refractivity contribution in [3.05, 3.63) is 35.9 Å². The third-order valence-corrected chi connectivity index (χ3v) is 2.02. The number of nitrogens with one attached hydrogen (secondary N) is 1. The second-order valence-corrected chi connectivity index (χ2v) is 3.13. The molecule has 66 valence electrons. The first-order valence-electron chi connectivity index (χ1n) is 3.79. The molecule has 0 fully saturated rings. The van der Waals surface area contributed by atoms with E-state index in [0.717, 1.165) is 5.56 Å². The van der Waals surface area contributed by atoms with Gasteiger partial charge in [0.15, 0.2) is 0 Å². The molecule has 0 saturated heterocycles. The largest absolute Gasteiger partial charge is 0.261 e. The lowest BCUT2D eigenvalue weighted by Crippen LogP contribution is -2.11. The molecular formula is C9H12FNS. The van der Waals surface area contributed by atoms with Crippen LogP contribution >= 0.6 is 11.9 Å². The predicted molar refractivity (Wildman–Crippen MR) is 51.8 cm³/mol. The molecule has 0 bridgehead atoms. The van der Waals surface area contributed by atoms with Crippen molar-refractivity contribution in [2.24, 2.45) is 0 Å². The maximum Gasteiger partial charge on any atom is 0.138 e. The summed E-state index contributed by atoms with van der Waals surface area (Å²) in [6, 6.07) is 9.18. The summed E-state index contributed by atoms with van der Waals surface area (Å²) in [6.07, 6.45) is 0.983. The lowest BCUT2D eigenvalue weighted by Gasteiger charge is -2.07. The van der Waals surface area contributed by atoms with Gasteiger partial charge in [0.1, 0.15) is 6.17 Å². The molecule has 1 N–H and O–H groups in total. The van der Waals surface area contributed by atoms with Gasteiger partial charge in [-0.1, -0.05) is 42.3 Å². The van der Waals surface area contributed by atoms with E-state index >= 15 is 0 Å². The molecule has 1 nitrogen and oxygen atoms in total. The van der Waals surface area contributed by atoms with Crippen LogP contribution in [0.4, 0.5) is 4.39 Å². The minimum atomic E-state index is -0.904. The van der Waals surface area contributed by atoms with Crippen LogP contribution < -0.4 is 4.72 Å². The fourth-order valence-electron chi connectivity index (χ4n) is 0.936. The number of hydrogen-bond donors (Lipinski definition) is 1. The molecule has 0 heterocycles. The molecule has 1 aromatic carbocycles. The molecule has 0 radical (unpaired) electrons. The first kappa shape index (κ1) is 9.55. The number of halogens is 1. The summed E-state index contributed by atoms with van der Waals surface area (Å²) in [4.78, 5) is 0. The van der Waals surface area contributed by atoms with E-state index in [4.69, 9.17) is 0 Å². The van der Waals surface area contributed by atoms with Crippen molar-refractivity contribution in [1.82, 2.24) is 4.72 Å². The van der Waals surface area contributed by atoms with E-state index in [1.165, 1.54) is 11.9 Å². The van der Waals surface area contributed by atoms with E-state index in [9.17, 15) is 4.39 Å². The summed E-state index contributed by atoms with van der Waals surface area (Å²) < 4.78 is 16.1. The van der Waals surface area contributed by atoms with Crippen LogP contribution in [0.2, 0.25) is 0 Å². The van der Waals surface area contributed by atoms with Gasteiger partial charge in [0, 0.05) is 6.54 Å². The van der Waals surface area contributed by atoms with Crippen molar-refractivity contribution in [1.29, 1.82) is 0 Å². The molecule has 1 unspecified atom stereocenters. The minimum absolute atomic E-state index is 0.366. The molecule has 1 atom stereocenters. The van der Waals surface area contributed by atoms with Crippen molar-refractivity contribution in [3.63, 3.8) is 0 Å². The second-order valence-electron chi connectivity index (χ2n) is 2.43. The zero-order valence-electron chi connectivity index (χ0n) is 6.96. The third-order valence-electron chi connectivity index (χ3n) is 1.57. The maximum atomic E-state index is 13.2. The van der Waals surface area contributed by atoms with Crippen LogP contribution in [-0.2, 0) is 0 Å². The zero-order chi connectivity index (χ0) is 8.81. The fraction of sp³-hybridized carbons (Fsp3) is 0.333. The molecule has 0 aromatic heterocycles. The molecule has 0 saturated carbocycles. The number of hydrogen-bond acceptors (Lipinski definition) is 2. The van der Waals surface area contributed by atoms with E-state index in [0.29, 0.717) is 6.54 Å². The Morgan fingerprint density at radius 1 is 1.42 bits per heavy atom. The Bertz CT molecular complexity index is 215. The molecule has 1 aromatic rings. The molecule has 0 aliphatic carbocycles. The van der Waals surface area contributed by atoms with Gasteiger partial charge in [0.25, 0.3) is 0 Å². The molecule has 0 aliphatic rings. The number of benzene rings is 1. The van der Waals surface area contributed by atoms with Crippen molar-refractivity contribution >= 4 is 11.9 Å². The Labute approximate surface area is 76.5 Å². The van der Waals surface area contributed by atoms with Crippen molar-refractivity contribution in [3.8, 4) is 0 Å². The highest BCUT2D eigenvalue weighted by Crippen LogP contribution is 2.15. The normalized spacial score (nSPS) is 12.8. The van der Waals surface area contributed by atoms with E-state index < -0.39 is 6.17 Å². The molecule has 3 heteroatoms. The molecular weight excluding hydrogens is 173 g/mol. The van der Waals surface area contributed by atoms with Gasteiger partial charge in [-0.3, -0.25) is 4.72 Å². The standard InChI is InChI=1S/C9H12FNS/c1-12-11-7-9(10)8-5-3-2-4-6-8/h2-6,9,11H,7H2,1H3. The van der Waals surface area contributed by atoms with Crippen LogP contribution in [-0.4, -0.2) is 12.8 Å². The van der Waals surface area contributed by atoms with Crippen LogP contribution in [0, 0.1) is 0 Å². The van der Waals surface area contributed by atoms with Gasteiger partial charge < -0.3 is 0 Å². The average molecular weight is 185 g/mol. The molecule has 12 heavy (non-hydrogen) atoms. The summed E-state index contributed by atoms with van der Waals surface area (Å²) in [6.45, 7) is 0.366. The van der Waals surface area contributed by atoms with E-state index in [1.807, 2.05) is 24.5 Å². The second kappa shape index (κ2) is 5.17. The Balaban J connectivity index is 2.48. The first-order chi connectivity index (χ1) is 5.84. The number of alkyl halides is 1. The van der Waals surface area contributed by atoms with Crippen LogP contribution in [0.15, 0.2) is 30.3 Å². The first-order valence-corrected chi connectivity index (χ1v) is 5.02. The van der Waals surface area contributed by atoms with Gasteiger partial charge in [0.2, 0.25) is 0 Å². The van der Waals surface area contributed by atoms with Crippen molar-refractivity contribution in [2.75, 3.05) is 12.8 Å².